The quantitative estimate of drug-likeness (QED) is 0.527. The Labute approximate surface area is 156 Å². The molecule has 3 rings (SSSR count). The lowest BCUT2D eigenvalue weighted by Gasteiger charge is -2.25. The maximum absolute atomic E-state index is 12.8. The summed E-state index contributed by atoms with van der Waals surface area (Å²) in [6.45, 7) is 1.98. The number of sulfonamides is 1. The Kier molecular flexibility index (Phi) is 6.47. The predicted octanol–water partition coefficient (Wildman–Crippen LogP) is 2.41. The highest BCUT2D eigenvalue weighted by atomic mass is 32.2. The van der Waals surface area contributed by atoms with E-state index in [1.807, 2.05) is 0 Å². The Bertz CT molecular complexity index is 808. The van der Waals surface area contributed by atoms with Gasteiger partial charge < -0.3 is 9.47 Å². The molecule has 1 aliphatic heterocycles. The fraction of sp³-hybridized carbons (Fsp3) is 0.353. The molecule has 26 heavy (non-hydrogen) atoms. The van der Waals surface area contributed by atoms with E-state index in [9.17, 15) is 12.8 Å². The minimum atomic E-state index is -3.52. The first kappa shape index (κ1) is 19.1. The van der Waals surface area contributed by atoms with Gasteiger partial charge in [0.1, 0.15) is 16.5 Å². The highest BCUT2D eigenvalue weighted by Gasteiger charge is 2.26. The SMILES string of the molecule is O=S(=O)(c1ccc(SCCOc2ccc(F)cc2)nc1)N1CCOCC1. The fourth-order valence-electron chi connectivity index (χ4n) is 2.38. The molecule has 0 N–H and O–H groups in total. The Morgan fingerprint density at radius 2 is 1.88 bits per heavy atom. The van der Waals surface area contributed by atoms with Crippen molar-refractivity contribution in [1.82, 2.24) is 9.29 Å². The van der Waals surface area contributed by atoms with Gasteiger partial charge >= 0.3 is 0 Å². The summed E-state index contributed by atoms with van der Waals surface area (Å²) in [5, 5.41) is 0.716. The monoisotopic (exact) mass is 398 g/mol. The zero-order valence-electron chi connectivity index (χ0n) is 14.0. The van der Waals surface area contributed by atoms with Crippen molar-refractivity contribution in [3.8, 4) is 5.75 Å². The van der Waals surface area contributed by atoms with E-state index in [4.69, 9.17) is 9.47 Å². The van der Waals surface area contributed by atoms with E-state index in [0.717, 1.165) is 0 Å². The number of benzene rings is 1. The van der Waals surface area contributed by atoms with Crippen LogP contribution in [0.15, 0.2) is 52.5 Å². The topological polar surface area (TPSA) is 68.7 Å². The number of halogens is 1. The predicted molar refractivity (Wildman–Crippen MR) is 96.4 cm³/mol. The van der Waals surface area contributed by atoms with Gasteiger partial charge in [-0.05, 0) is 36.4 Å². The van der Waals surface area contributed by atoms with Crippen molar-refractivity contribution in [3.05, 3.63) is 48.4 Å². The molecule has 1 saturated heterocycles. The van der Waals surface area contributed by atoms with E-state index in [2.05, 4.69) is 4.98 Å². The molecular weight excluding hydrogens is 379 g/mol. The van der Waals surface area contributed by atoms with Gasteiger partial charge in [0.2, 0.25) is 10.0 Å². The zero-order chi connectivity index (χ0) is 18.4. The van der Waals surface area contributed by atoms with Crippen LogP contribution in [0.4, 0.5) is 4.39 Å². The van der Waals surface area contributed by atoms with Gasteiger partial charge in [-0.25, -0.2) is 17.8 Å². The van der Waals surface area contributed by atoms with Crippen LogP contribution in [0, 0.1) is 5.82 Å². The first-order valence-electron chi connectivity index (χ1n) is 8.11. The summed E-state index contributed by atoms with van der Waals surface area (Å²) in [5.74, 6) is 0.940. The number of hydrogen-bond acceptors (Lipinski definition) is 6. The summed E-state index contributed by atoms with van der Waals surface area (Å²) < 4.78 is 50.0. The van der Waals surface area contributed by atoms with Crippen molar-refractivity contribution in [3.63, 3.8) is 0 Å². The average molecular weight is 398 g/mol. The van der Waals surface area contributed by atoms with E-state index < -0.39 is 10.0 Å². The molecule has 0 spiro atoms. The van der Waals surface area contributed by atoms with Gasteiger partial charge in [-0.1, -0.05) is 0 Å². The molecule has 1 aromatic carbocycles. The second-order valence-electron chi connectivity index (χ2n) is 5.50. The van der Waals surface area contributed by atoms with Gasteiger partial charge in [-0.2, -0.15) is 4.31 Å². The third-order valence-electron chi connectivity index (χ3n) is 3.73. The fourth-order valence-corrected chi connectivity index (χ4v) is 4.40. The molecule has 1 aromatic heterocycles. The summed E-state index contributed by atoms with van der Waals surface area (Å²) in [6, 6.07) is 9.10. The Morgan fingerprint density at radius 1 is 1.15 bits per heavy atom. The number of hydrogen-bond donors (Lipinski definition) is 0. The van der Waals surface area contributed by atoms with Gasteiger partial charge in [0.05, 0.1) is 24.8 Å². The van der Waals surface area contributed by atoms with E-state index >= 15 is 0 Å². The lowest BCUT2D eigenvalue weighted by molar-refractivity contribution is 0.0730. The van der Waals surface area contributed by atoms with E-state index in [0.29, 0.717) is 49.4 Å². The Morgan fingerprint density at radius 3 is 2.54 bits per heavy atom. The van der Waals surface area contributed by atoms with Crippen LogP contribution in [-0.4, -0.2) is 56.4 Å². The zero-order valence-corrected chi connectivity index (χ0v) is 15.6. The first-order valence-corrected chi connectivity index (χ1v) is 10.5. The second kappa shape index (κ2) is 8.81. The maximum atomic E-state index is 12.8. The Hall–Kier alpha value is -1.68. The van der Waals surface area contributed by atoms with E-state index in [1.165, 1.54) is 34.4 Å². The summed E-state index contributed by atoms with van der Waals surface area (Å²) in [4.78, 5) is 4.40. The molecule has 0 atom stereocenters. The lowest BCUT2D eigenvalue weighted by atomic mass is 10.3. The highest BCUT2D eigenvalue weighted by molar-refractivity contribution is 7.99. The van der Waals surface area contributed by atoms with Gasteiger partial charge in [0, 0.05) is 25.0 Å². The summed E-state index contributed by atoms with van der Waals surface area (Å²) in [6.07, 6.45) is 1.38. The number of aromatic nitrogens is 1. The van der Waals surface area contributed by atoms with Crippen molar-refractivity contribution in [2.75, 3.05) is 38.7 Å². The first-order chi connectivity index (χ1) is 12.6. The van der Waals surface area contributed by atoms with Crippen LogP contribution < -0.4 is 4.74 Å². The summed E-state index contributed by atoms with van der Waals surface area (Å²) >= 11 is 1.46. The molecule has 0 unspecified atom stereocenters. The smallest absolute Gasteiger partial charge is 0.244 e. The normalized spacial score (nSPS) is 15.7. The minimum absolute atomic E-state index is 0.186. The number of nitrogens with zero attached hydrogens (tertiary/aromatic N) is 2. The van der Waals surface area contributed by atoms with E-state index in [1.54, 1.807) is 24.3 Å². The van der Waals surface area contributed by atoms with Gasteiger partial charge in [0.15, 0.2) is 0 Å². The van der Waals surface area contributed by atoms with Crippen LogP contribution >= 0.6 is 11.8 Å². The molecule has 9 heteroatoms. The van der Waals surface area contributed by atoms with E-state index in [-0.39, 0.29) is 10.7 Å². The molecule has 0 amide bonds. The Balaban J connectivity index is 1.50. The van der Waals surface area contributed by atoms with Crippen molar-refractivity contribution in [1.29, 1.82) is 0 Å². The summed E-state index contributed by atoms with van der Waals surface area (Å²) in [5.41, 5.74) is 0. The molecule has 0 bridgehead atoms. The number of thioether (sulfide) groups is 1. The molecule has 140 valence electrons. The molecule has 0 aliphatic carbocycles. The average Bonchev–Trinajstić information content (AvgIpc) is 2.68. The third kappa shape index (κ3) is 4.94. The third-order valence-corrected chi connectivity index (χ3v) is 6.52. The standard InChI is InChI=1S/C17H19FN2O4S2/c18-14-1-3-15(4-2-14)24-11-12-25-17-6-5-16(13-19-17)26(21,22)20-7-9-23-10-8-20/h1-6,13H,7-12H2. The minimum Gasteiger partial charge on any atom is -0.493 e. The molecular formula is C17H19FN2O4S2. The molecule has 0 saturated carbocycles. The molecule has 6 nitrogen and oxygen atoms in total. The van der Waals surface area contributed by atoms with Crippen LogP contribution in [0.5, 0.6) is 5.75 Å². The van der Waals surface area contributed by atoms with Crippen LogP contribution in [0.25, 0.3) is 0 Å². The van der Waals surface area contributed by atoms with Crippen LogP contribution in [-0.2, 0) is 14.8 Å². The van der Waals surface area contributed by atoms with Crippen molar-refractivity contribution in [2.45, 2.75) is 9.92 Å². The molecule has 1 fully saturated rings. The van der Waals surface area contributed by atoms with Gasteiger partial charge in [-0.3, -0.25) is 0 Å². The highest BCUT2D eigenvalue weighted by Crippen LogP contribution is 2.20. The second-order valence-corrected chi connectivity index (χ2v) is 8.55. The van der Waals surface area contributed by atoms with Crippen LogP contribution in [0.1, 0.15) is 0 Å². The largest absolute Gasteiger partial charge is 0.493 e. The number of morpholine rings is 1. The lowest BCUT2D eigenvalue weighted by Crippen LogP contribution is -2.40. The maximum Gasteiger partial charge on any atom is 0.244 e. The summed E-state index contributed by atoms with van der Waals surface area (Å²) in [7, 11) is -3.52. The van der Waals surface area contributed by atoms with Gasteiger partial charge in [-0.15, -0.1) is 11.8 Å². The molecule has 0 radical (unpaired) electrons. The molecule has 2 aromatic rings. The van der Waals surface area contributed by atoms with Crippen molar-refractivity contribution in [2.24, 2.45) is 0 Å². The number of rotatable bonds is 7. The van der Waals surface area contributed by atoms with Crippen molar-refractivity contribution < 1.29 is 22.3 Å². The van der Waals surface area contributed by atoms with Gasteiger partial charge in [0.25, 0.3) is 0 Å². The van der Waals surface area contributed by atoms with Crippen LogP contribution in [0.3, 0.4) is 0 Å². The molecule has 1 aliphatic rings. The number of ether oxygens (including phenoxy) is 2. The number of pyridine rings is 1. The molecule has 2 heterocycles. The van der Waals surface area contributed by atoms with Crippen molar-refractivity contribution >= 4 is 21.8 Å². The van der Waals surface area contributed by atoms with Crippen LogP contribution in [0.2, 0.25) is 0 Å².